The maximum atomic E-state index is 12.9. The van der Waals surface area contributed by atoms with Crippen LogP contribution in [0.4, 0.5) is 5.69 Å². The van der Waals surface area contributed by atoms with Gasteiger partial charge in [0.15, 0.2) is 0 Å². The summed E-state index contributed by atoms with van der Waals surface area (Å²) in [6, 6.07) is 6.90. The highest BCUT2D eigenvalue weighted by Gasteiger charge is 2.29. The van der Waals surface area contributed by atoms with Crippen LogP contribution in [0.5, 0.6) is 5.75 Å². The predicted molar refractivity (Wildman–Crippen MR) is 123 cm³/mol. The second-order valence-corrected chi connectivity index (χ2v) is 6.99. The van der Waals surface area contributed by atoms with Crippen LogP contribution in [0.2, 0.25) is 0 Å². The lowest BCUT2D eigenvalue weighted by molar-refractivity contribution is 0.0981. The minimum absolute atomic E-state index is 0. The van der Waals surface area contributed by atoms with E-state index in [4.69, 9.17) is 0 Å². The van der Waals surface area contributed by atoms with Gasteiger partial charge in [-0.05, 0) is 56.8 Å². The van der Waals surface area contributed by atoms with Crippen LogP contribution in [0, 0.1) is 13.8 Å². The zero-order chi connectivity index (χ0) is 20.4. The number of carbonyl (C=O) groups excluding carboxylic acids is 2. The normalized spacial score (nSPS) is 12.6. The molecule has 1 aromatic heterocycles. The van der Waals surface area contributed by atoms with Gasteiger partial charge in [0.1, 0.15) is 11.4 Å². The molecule has 0 spiro atoms. The standard InChI is InChI=1S/C22H25N3O3.2ClH/c1-5-25(6-2)12-15-10-16(7-8-18(15)26)24-17-11-19(27)21-20(22(17)28)13(3)9-14(4)23-21;;/h7-11,24,26H,5-6,12H2,1-4H3;2*1H. The largest absolute Gasteiger partial charge is 0.508 e. The van der Waals surface area contributed by atoms with Crippen molar-refractivity contribution in [1.29, 1.82) is 0 Å². The number of allylic oxidation sites excluding steroid dienone is 2. The van der Waals surface area contributed by atoms with E-state index in [2.05, 4.69) is 29.0 Å². The van der Waals surface area contributed by atoms with E-state index in [1.54, 1.807) is 25.1 Å². The number of Topliss-reactive ketones (excluding diaryl/α,β-unsaturated/α-hetero) is 1. The third kappa shape index (κ3) is 5.19. The van der Waals surface area contributed by atoms with Crippen LogP contribution in [0.1, 0.15) is 51.5 Å². The summed E-state index contributed by atoms with van der Waals surface area (Å²) in [7, 11) is 0. The second kappa shape index (κ2) is 10.6. The smallest absolute Gasteiger partial charge is 0.211 e. The molecule has 2 aromatic rings. The van der Waals surface area contributed by atoms with E-state index in [1.807, 2.05) is 13.0 Å². The fourth-order valence-corrected chi connectivity index (χ4v) is 3.43. The molecule has 0 saturated carbocycles. The van der Waals surface area contributed by atoms with Gasteiger partial charge < -0.3 is 10.4 Å². The average molecular weight is 452 g/mol. The lowest BCUT2D eigenvalue weighted by Gasteiger charge is -2.21. The quantitative estimate of drug-likeness (QED) is 0.630. The van der Waals surface area contributed by atoms with Crippen molar-refractivity contribution in [2.45, 2.75) is 34.2 Å². The van der Waals surface area contributed by atoms with Crippen LogP contribution in [0.25, 0.3) is 0 Å². The number of aromatic nitrogens is 1. The van der Waals surface area contributed by atoms with Crippen molar-refractivity contribution in [1.82, 2.24) is 9.88 Å². The van der Waals surface area contributed by atoms with Gasteiger partial charge >= 0.3 is 0 Å². The van der Waals surface area contributed by atoms with Gasteiger partial charge in [0, 0.05) is 29.6 Å². The number of pyridine rings is 1. The Balaban J connectivity index is 0.00000225. The summed E-state index contributed by atoms with van der Waals surface area (Å²) >= 11 is 0. The first-order valence-corrected chi connectivity index (χ1v) is 9.44. The maximum absolute atomic E-state index is 12.9. The van der Waals surface area contributed by atoms with E-state index in [0.717, 1.165) is 24.2 Å². The number of fused-ring (bicyclic) bond motifs is 1. The van der Waals surface area contributed by atoms with Crippen molar-refractivity contribution in [2.75, 3.05) is 18.4 Å². The summed E-state index contributed by atoms with van der Waals surface area (Å²) in [5.74, 6) is -0.331. The molecule has 1 aromatic carbocycles. The highest BCUT2D eigenvalue weighted by Crippen LogP contribution is 2.27. The summed E-state index contributed by atoms with van der Waals surface area (Å²) in [5, 5.41) is 13.2. The number of nitrogens with one attached hydrogen (secondary N) is 1. The Hall–Kier alpha value is -2.41. The number of aromatic hydroxyl groups is 1. The first kappa shape index (κ1) is 25.6. The van der Waals surface area contributed by atoms with Crippen molar-refractivity contribution in [3.8, 4) is 5.75 Å². The number of nitrogens with zero attached hydrogens (tertiary/aromatic N) is 2. The van der Waals surface area contributed by atoms with Crippen LogP contribution >= 0.6 is 24.8 Å². The van der Waals surface area contributed by atoms with Crippen LogP contribution in [0.3, 0.4) is 0 Å². The first-order chi connectivity index (χ1) is 13.3. The topological polar surface area (TPSA) is 82.5 Å². The molecule has 30 heavy (non-hydrogen) atoms. The highest BCUT2D eigenvalue weighted by atomic mass is 35.5. The molecule has 2 N–H and O–H groups in total. The van der Waals surface area contributed by atoms with Crippen LogP contribution in [-0.4, -0.2) is 39.6 Å². The van der Waals surface area contributed by atoms with E-state index in [1.165, 1.54) is 6.08 Å². The number of rotatable bonds is 6. The fraction of sp³-hybridized carbons (Fsp3) is 0.318. The summed E-state index contributed by atoms with van der Waals surface area (Å²) in [6.07, 6.45) is 1.30. The summed E-state index contributed by atoms with van der Waals surface area (Å²) < 4.78 is 0. The van der Waals surface area contributed by atoms with E-state index in [9.17, 15) is 14.7 Å². The fourth-order valence-electron chi connectivity index (χ4n) is 3.43. The molecule has 1 aliphatic rings. The lowest BCUT2D eigenvalue weighted by atomic mass is 9.92. The third-order valence-electron chi connectivity index (χ3n) is 4.97. The van der Waals surface area contributed by atoms with Crippen molar-refractivity contribution in [3.63, 3.8) is 0 Å². The number of ketones is 2. The Morgan fingerprint density at radius 2 is 1.73 bits per heavy atom. The SMILES string of the molecule is CCN(CC)Cc1cc(NC2=CC(=O)c3nc(C)cc(C)c3C2=O)ccc1O.Cl.Cl. The lowest BCUT2D eigenvalue weighted by Crippen LogP contribution is -2.24. The third-order valence-corrected chi connectivity index (χ3v) is 4.97. The molecule has 0 unspecified atom stereocenters. The molecule has 0 amide bonds. The van der Waals surface area contributed by atoms with Crippen LogP contribution < -0.4 is 5.32 Å². The molecular weight excluding hydrogens is 425 g/mol. The molecule has 162 valence electrons. The van der Waals surface area contributed by atoms with Crippen molar-refractivity contribution in [3.05, 3.63) is 64.1 Å². The number of phenols is 1. The molecule has 0 atom stereocenters. The van der Waals surface area contributed by atoms with E-state index < -0.39 is 0 Å². The number of hydrogen-bond donors (Lipinski definition) is 2. The van der Waals surface area contributed by atoms with Gasteiger partial charge in [0.25, 0.3) is 0 Å². The number of carbonyl (C=O) groups is 2. The molecular formula is C22H27Cl2N3O3. The van der Waals surface area contributed by atoms with Crippen molar-refractivity contribution in [2.24, 2.45) is 0 Å². The molecule has 1 aliphatic carbocycles. The highest BCUT2D eigenvalue weighted by molar-refractivity contribution is 6.25. The number of anilines is 1. The second-order valence-electron chi connectivity index (χ2n) is 6.99. The Morgan fingerprint density at radius 3 is 2.37 bits per heavy atom. The van der Waals surface area contributed by atoms with E-state index in [-0.39, 0.29) is 53.5 Å². The Labute approximate surface area is 189 Å². The monoisotopic (exact) mass is 451 g/mol. The molecule has 0 aliphatic heterocycles. The number of benzene rings is 1. The summed E-state index contributed by atoms with van der Waals surface area (Å²) in [5.41, 5.74) is 3.63. The maximum Gasteiger partial charge on any atom is 0.211 e. The number of hydrogen-bond acceptors (Lipinski definition) is 6. The number of phenolic OH excluding ortho intramolecular Hbond substituents is 1. The molecule has 0 radical (unpaired) electrons. The zero-order valence-electron chi connectivity index (χ0n) is 17.5. The minimum atomic E-state index is -0.286. The minimum Gasteiger partial charge on any atom is -0.508 e. The average Bonchev–Trinajstić information content (AvgIpc) is 2.65. The van der Waals surface area contributed by atoms with Gasteiger partial charge in [-0.25, -0.2) is 4.98 Å². The van der Waals surface area contributed by atoms with Crippen LogP contribution in [0.15, 0.2) is 36.0 Å². The summed E-state index contributed by atoms with van der Waals surface area (Å²) in [4.78, 5) is 31.9. The van der Waals surface area contributed by atoms with Gasteiger partial charge in [-0.3, -0.25) is 14.5 Å². The molecule has 8 heteroatoms. The van der Waals surface area contributed by atoms with Gasteiger partial charge in [-0.2, -0.15) is 0 Å². The molecule has 0 saturated heterocycles. The molecule has 6 nitrogen and oxygen atoms in total. The molecule has 1 heterocycles. The van der Waals surface area contributed by atoms with Gasteiger partial charge in [-0.1, -0.05) is 13.8 Å². The van der Waals surface area contributed by atoms with Gasteiger partial charge in [-0.15, -0.1) is 24.8 Å². The first-order valence-electron chi connectivity index (χ1n) is 9.44. The molecule has 0 bridgehead atoms. The molecule has 3 rings (SSSR count). The van der Waals surface area contributed by atoms with E-state index in [0.29, 0.717) is 23.5 Å². The molecule has 0 fully saturated rings. The Morgan fingerprint density at radius 1 is 1.07 bits per heavy atom. The Bertz CT molecular complexity index is 986. The number of halogens is 2. The van der Waals surface area contributed by atoms with Gasteiger partial charge in [0.05, 0.1) is 11.3 Å². The Kier molecular flexibility index (Phi) is 9.03. The predicted octanol–water partition coefficient (Wildman–Crippen LogP) is 4.46. The van der Waals surface area contributed by atoms with Crippen molar-refractivity contribution >= 4 is 42.1 Å². The zero-order valence-corrected chi connectivity index (χ0v) is 19.1. The van der Waals surface area contributed by atoms with Crippen molar-refractivity contribution < 1.29 is 14.7 Å². The summed E-state index contributed by atoms with van der Waals surface area (Å²) in [6.45, 7) is 10.1. The number of aryl methyl sites for hydroxylation is 2. The van der Waals surface area contributed by atoms with Crippen LogP contribution in [-0.2, 0) is 6.54 Å². The van der Waals surface area contributed by atoms with E-state index >= 15 is 0 Å². The van der Waals surface area contributed by atoms with Gasteiger partial charge in [0.2, 0.25) is 11.6 Å².